The molecule has 2 amide bonds. The molecule has 0 unspecified atom stereocenters. The zero-order chi connectivity index (χ0) is 14.7. The van der Waals surface area contributed by atoms with Crippen molar-refractivity contribution in [3.8, 4) is 0 Å². The lowest BCUT2D eigenvalue weighted by molar-refractivity contribution is -0.140. The Morgan fingerprint density at radius 1 is 1.38 bits per heavy atom. The summed E-state index contributed by atoms with van der Waals surface area (Å²) in [5.41, 5.74) is 0.954. The minimum absolute atomic E-state index is 0.000809. The van der Waals surface area contributed by atoms with Gasteiger partial charge in [-0.05, 0) is 12.0 Å². The molecule has 0 radical (unpaired) electrons. The molecule has 2 atom stereocenters. The van der Waals surface area contributed by atoms with Gasteiger partial charge in [-0.15, -0.1) is 0 Å². The van der Waals surface area contributed by atoms with Gasteiger partial charge in [0, 0.05) is 13.1 Å². The molecule has 2 aliphatic rings. The van der Waals surface area contributed by atoms with Gasteiger partial charge in [0.1, 0.15) is 13.2 Å². The molecule has 0 bridgehead atoms. The summed E-state index contributed by atoms with van der Waals surface area (Å²) < 4.78 is 10.8. The maximum Gasteiger partial charge on any atom is 0.410 e. The van der Waals surface area contributed by atoms with E-state index in [-0.39, 0.29) is 37.4 Å². The second kappa shape index (κ2) is 6.13. The van der Waals surface area contributed by atoms with Gasteiger partial charge in [-0.3, -0.25) is 4.79 Å². The Labute approximate surface area is 123 Å². The predicted molar refractivity (Wildman–Crippen MR) is 74.5 cm³/mol. The van der Waals surface area contributed by atoms with Gasteiger partial charge in [-0.1, -0.05) is 30.3 Å². The van der Waals surface area contributed by atoms with E-state index in [0.29, 0.717) is 19.5 Å². The van der Waals surface area contributed by atoms with E-state index in [1.54, 1.807) is 4.90 Å². The molecule has 1 aromatic carbocycles. The number of amides is 2. The maximum atomic E-state index is 12.1. The molecule has 0 aliphatic carbocycles. The average Bonchev–Trinajstić information content (AvgIpc) is 2.53. The van der Waals surface area contributed by atoms with Crippen molar-refractivity contribution in [2.45, 2.75) is 25.2 Å². The molecule has 2 heterocycles. The standard InChI is InChI=1S/C15H18N2O4/c18-14-10-20-13-6-7-17(8-12(13)16-14)15(19)21-9-11-4-2-1-3-5-11/h1-5,12-13H,6-10H2,(H,16,18)/t12-,13+/m1/s1. The van der Waals surface area contributed by atoms with Crippen molar-refractivity contribution in [1.29, 1.82) is 0 Å². The first-order valence-corrected chi connectivity index (χ1v) is 7.09. The van der Waals surface area contributed by atoms with Crippen LogP contribution in [0.4, 0.5) is 4.79 Å². The highest BCUT2D eigenvalue weighted by atomic mass is 16.6. The molecule has 0 aromatic heterocycles. The lowest BCUT2D eigenvalue weighted by atomic mass is 10.0. The van der Waals surface area contributed by atoms with Gasteiger partial charge in [0.25, 0.3) is 0 Å². The molecule has 112 valence electrons. The first-order valence-electron chi connectivity index (χ1n) is 7.09. The number of carbonyl (C=O) groups excluding carboxylic acids is 2. The Kier molecular flexibility index (Phi) is 4.06. The highest BCUT2D eigenvalue weighted by molar-refractivity contribution is 5.78. The largest absolute Gasteiger partial charge is 0.445 e. The fraction of sp³-hybridized carbons (Fsp3) is 0.467. The molecule has 2 aliphatic heterocycles. The molecular formula is C15H18N2O4. The summed E-state index contributed by atoms with van der Waals surface area (Å²) in [7, 11) is 0. The molecule has 1 aromatic rings. The Bertz CT molecular complexity index is 520. The van der Waals surface area contributed by atoms with E-state index in [2.05, 4.69) is 5.32 Å². The van der Waals surface area contributed by atoms with Gasteiger partial charge >= 0.3 is 6.09 Å². The lowest BCUT2D eigenvalue weighted by Crippen LogP contribution is -2.61. The molecule has 6 nitrogen and oxygen atoms in total. The number of ether oxygens (including phenoxy) is 2. The first kappa shape index (κ1) is 13.9. The SMILES string of the molecule is O=C1CO[C@H]2CCN(C(=O)OCc3ccccc3)C[C@H]2N1. The van der Waals surface area contributed by atoms with E-state index in [1.807, 2.05) is 30.3 Å². The van der Waals surface area contributed by atoms with Gasteiger partial charge in [-0.2, -0.15) is 0 Å². The number of nitrogens with one attached hydrogen (secondary N) is 1. The Balaban J connectivity index is 1.52. The minimum atomic E-state index is -0.350. The second-order valence-corrected chi connectivity index (χ2v) is 5.30. The van der Waals surface area contributed by atoms with Crippen LogP contribution >= 0.6 is 0 Å². The highest BCUT2D eigenvalue weighted by Crippen LogP contribution is 2.18. The van der Waals surface area contributed by atoms with Crippen LogP contribution in [0.5, 0.6) is 0 Å². The zero-order valence-corrected chi connectivity index (χ0v) is 11.7. The number of fused-ring (bicyclic) bond motifs is 1. The number of nitrogens with zero attached hydrogens (tertiary/aromatic N) is 1. The van der Waals surface area contributed by atoms with E-state index < -0.39 is 0 Å². The Morgan fingerprint density at radius 2 is 2.19 bits per heavy atom. The predicted octanol–water partition coefficient (Wildman–Crippen LogP) is 0.913. The van der Waals surface area contributed by atoms with Crippen molar-refractivity contribution in [1.82, 2.24) is 10.2 Å². The minimum Gasteiger partial charge on any atom is -0.445 e. The lowest BCUT2D eigenvalue weighted by Gasteiger charge is -2.40. The highest BCUT2D eigenvalue weighted by Gasteiger charge is 2.36. The van der Waals surface area contributed by atoms with Gasteiger partial charge in [0.2, 0.25) is 5.91 Å². The molecular weight excluding hydrogens is 272 g/mol. The summed E-state index contributed by atoms with van der Waals surface area (Å²) in [6, 6.07) is 9.42. The van der Waals surface area contributed by atoms with Crippen molar-refractivity contribution >= 4 is 12.0 Å². The van der Waals surface area contributed by atoms with Gasteiger partial charge in [0.15, 0.2) is 0 Å². The van der Waals surface area contributed by atoms with Gasteiger partial charge in [0.05, 0.1) is 12.1 Å². The fourth-order valence-corrected chi connectivity index (χ4v) is 2.68. The molecule has 2 fully saturated rings. The number of carbonyl (C=O) groups is 2. The van der Waals surface area contributed by atoms with Crippen LogP contribution in [0.15, 0.2) is 30.3 Å². The van der Waals surface area contributed by atoms with E-state index in [4.69, 9.17) is 9.47 Å². The normalized spacial score (nSPS) is 25.0. The van der Waals surface area contributed by atoms with Crippen LogP contribution in [-0.4, -0.2) is 48.7 Å². The van der Waals surface area contributed by atoms with E-state index >= 15 is 0 Å². The third-order valence-electron chi connectivity index (χ3n) is 3.79. The number of hydrogen-bond acceptors (Lipinski definition) is 4. The summed E-state index contributed by atoms with van der Waals surface area (Å²) in [5, 5.41) is 2.86. The summed E-state index contributed by atoms with van der Waals surface area (Å²) in [5.74, 6) is -0.129. The topological polar surface area (TPSA) is 67.9 Å². The fourth-order valence-electron chi connectivity index (χ4n) is 2.68. The number of piperidine rings is 1. The van der Waals surface area contributed by atoms with Crippen molar-refractivity contribution in [3.05, 3.63) is 35.9 Å². The van der Waals surface area contributed by atoms with Crippen LogP contribution in [0.25, 0.3) is 0 Å². The van der Waals surface area contributed by atoms with E-state index in [0.717, 1.165) is 5.56 Å². The van der Waals surface area contributed by atoms with Crippen LogP contribution in [0, 0.1) is 0 Å². The van der Waals surface area contributed by atoms with Gasteiger partial charge < -0.3 is 19.7 Å². The molecule has 1 N–H and O–H groups in total. The van der Waals surface area contributed by atoms with Crippen LogP contribution in [0.3, 0.4) is 0 Å². The number of benzene rings is 1. The third kappa shape index (κ3) is 3.33. The van der Waals surface area contributed by atoms with Crippen LogP contribution in [-0.2, 0) is 20.9 Å². The first-order chi connectivity index (χ1) is 10.2. The second-order valence-electron chi connectivity index (χ2n) is 5.30. The van der Waals surface area contributed by atoms with Crippen molar-refractivity contribution in [2.75, 3.05) is 19.7 Å². The van der Waals surface area contributed by atoms with Crippen LogP contribution < -0.4 is 5.32 Å². The Morgan fingerprint density at radius 3 is 3.00 bits per heavy atom. The van der Waals surface area contributed by atoms with E-state index in [9.17, 15) is 9.59 Å². The number of likely N-dealkylation sites (tertiary alicyclic amines) is 1. The molecule has 0 saturated carbocycles. The summed E-state index contributed by atoms with van der Waals surface area (Å²) in [4.78, 5) is 25.0. The molecule has 6 heteroatoms. The quantitative estimate of drug-likeness (QED) is 0.879. The van der Waals surface area contributed by atoms with E-state index in [1.165, 1.54) is 0 Å². The average molecular weight is 290 g/mol. The summed E-state index contributed by atoms with van der Waals surface area (Å²) >= 11 is 0. The smallest absolute Gasteiger partial charge is 0.410 e. The third-order valence-corrected chi connectivity index (χ3v) is 3.79. The number of hydrogen-bond donors (Lipinski definition) is 1. The monoisotopic (exact) mass is 290 g/mol. The maximum absolute atomic E-state index is 12.1. The van der Waals surface area contributed by atoms with Crippen molar-refractivity contribution < 1.29 is 19.1 Å². The number of rotatable bonds is 2. The van der Waals surface area contributed by atoms with Crippen molar-refractivity contribution in [3.63, 3.8) is 0 Å². The molecule has 21 heavy (non-hydrogen) atoms. The van der Waals surface area contributed by atoms with Gasteiger partial charge in [-0.25, -0.2) is 4.79 Å². The molecule has 2 saturated heterocycles. The van der Waals surface area contributed by atoms with Crippen molar-refractivity contribution in [2.24, 2.45) is 0 Å². The molecule has 3 rings (SSSR count). The Hall–Kier alpha value is -2.08. The zero-order valence-electron chi connectivity index (χ0n) is 11.7. The summed E-state index contributed by atoms with van der Waals surface area (Å²) in [6.45, 7) is 1.39. The van der Waals surface area contributed by atoms with Crippen LogP contribution in [0.1, 0.15) is 12.0 Å². The van der Waals surface area contributed by atoms with Crippen LogP contribution in [0.2, 0.25) is 0 Å². The molecule has 0 spiro atoms. The summed E-state index contributed by atoms with van der Waals surface area (Å²) in [6.07, 6.45) is 0.365. The number of morpholine rings is 1.